The van der Waals surface area contributed by atoms with Crippen LogP contribution in [0.15, 0.2) is 18.3 Å². The second-order valence-electron chi connectivity index (χ2n) is 4.81. The molecule has 1 fully saturated rings. The van der Waals surface area contributed by atoms with Crippen molar-refractivity contribution in [2.45, 2.75) is 51.2 Å². The molecule has 0 radical (unpaired) electrons. The second-order valence-corrected chi connectivity index (χ2v) is 4.81. The molecule has 0 amide bonds. The fourth-order valence-corrected chi connectivity index (χ4v) is 2.24. The molecule has 1 atom stereocenters. The van der Waals surface area contributed by atoms with Gasteiger partial charge >= 0.3 is 0 Å². The fraction of sp³-hybridized carbons (Fsp3) is 0.643. The van der Waals surface area contributed by atoms with Crippen molar-refractivity contribution in [2.24, 2.45) is 0 Å². The summed E-state index contributed by atoms with van der Waals surface area (Å²) in [4.78, 5) is 4.43. The molecule has 0 spiro atoms. The number of nitrogens with one attached hydrogen (secondary N) is 1. The standard InChI is InChI=1S/C14H22N2O/c1-11(15-2)14-9-8-13(10-16-14)17-12-6-4-3-5-7-12/h8-12,15H,3-7H2,1-2H3. The third-order valence-electron chi connectivity index (χ3n) is 3.49. The first kappa shape index (κ1) is 12.4. The largest absolute Gasteiger partial charge is 0.489 e. The lowest BCUT2D eigenvalue weighted by molar-refractivity contribution is 0.154. The van der Waals surface area contributed by atoms with Gasteiger partial charge in [-0.3, -0.25) is 4.98 Å². The van der Waals surface area contributed by atoms with Gasteiger partial charge in [-0.25, -0.2) is 0 Å². The zero-order valence-corrected chi connectivity index (χ0v) is 10.8. The summed E-state index contributed by atoms with van der Waals surface area (Å²) < 4.78 is 5.94. The lowest BCUT2D eigenvalue weighted by atomic mass is 9.98. The highest BCUT2D eigenvalue weighted by Crippen LogP contribution is 2.23. The van der Waals surface area contributed by atoms with Crippen LogP contribution in [-0.4, -0.2) is 18.1 Å². The molecule has 1 aliphatic carbocycles. The van der Waals surface area contributed by atoms with Crippen LogP contribution in [0.4, 0.5) is 0 Å². The third kappa shape index (κ3) is 3.43. The smallest absolute Gasteiger partial charge is 0.138 e. The van der Waals surface area contributed by atoms with Crippen LogP contribution in [-0.2, 0) is 0 Å². The van der Waals surface area contributed by atoms with Crippen LogP contribution in [0, 0.1) is 0 Å². The monoisotopic (exact) mass is 234 g/mol. The normalized spacial score (nSPS) is 18.9. The first-order valence-corrected chi connectivity index (χ1v) is 6.59. The maximum absolute atomic E-state index is 5.94. The molecular formula is C14H22N2O. The Morgan fingerprint density at radius 3 is 2.65 bits per heavy atom. The van der Waals surface area contributed by atoms with Crippen LogP contribution < -0.4 is 10.1 Å². The summed E-state index contributed by atoms with van der Waals surface area (Å²) in [6.45, 7) is 2.10. The van der Waals surface area contributed by atoms with Gasteiger partial charge in [0.05, 0.1) is 18.0 Å². The molecule has 17 heavy (non-hydrogen) atoms. The Hall–Kier alpha value is -1.09. The van der Waals surface area contributed by atoms with Gasteiger partial charge in [-0.1, -0.05) is 6.42 Å². The Morgan fingerprint density at radius 1 is 1.29 bits per heavy atom. The topological polar surface area (TPSA) is 34.1 Å². The lowest BCUT2D eigenvalue weighted by Crippen LogP contribution is -2.20. The predicted molar refractivity (Wildman–Crippen MR) is 69.2 cm³/mol. The SMILES string of the molecule is CNC(C)c1ccc(OC2CCCCC2)cn1. The molecule has 2 rings (SSSR count). The van der Waals surface area contributed by atoms with E-state index in [-0.39, 0.29) is 0 Å². The molecule has 1 aromatic heterocycles. The number of hydrogen-bond acceptors (Lipinski definition) is 3. The highest BCUT2D eigenvalue weighted by Gasteiger charge is 2.15. The van der Waals surface area contributed by atoms with Gasteiger partial charge in [0.2, 0.25) is 0 Å². The highest BCUT2D eigenvalue weighted by molar-refractivity contribution is 5.21. The van der Waals surface area contributed by atoms with E-state index in [1.54, 1.807) is 0 Å². The summed E-state index contributed by atoms with van der Waals surface area (Å²) in [5, 5.41) is 3.18. The number of aromatic nitrogens is 1. The van der Waals surface area contributed by atoms with Crippen molar-refractivity contribution in [1.29, 1.82) is 0 Å². The van der Waals surface area contributed by atoms with Crippen LogP contribution in [0.25, 0.3) is 0 Å². The van der Waals surface area contributed by atoms with E-state index in [1.807, 2.05) is 25.4 Å². The van der Waals surface area contributed by atoms with Crippen molar-refractivity contribution in [2.75, 3.05) is 7.05 Å². The summed E-state index contributed by atoms with van der Waals surface area (Å²) in [5.41, 5.74) is 1.06. The van der Waals surface area contributed by atoms with Crippen LogP contribution in [0.5, 0.6) is 5.75 Å². The minimum atomic E-state index is 0.290. The minimum absolute atomic E-state index is 0.290. The number of nitrogens with zero attached hydrogens (tertiary/aromatic N) is 1. The van der Waals surface area contributed by atoms with E-state index in [2.05, 4.69) is 17.2 Å². The van der Waals surface area contributed by atoms with Gasteiger partial charge in [-0.15, -0.1) is 0 Å². The number of hydrogen-bond donors (Lipinski definition) is 1. The summed E-state index contributed by atoms with van der Waals surface area (Å²) in [7, 11) is 1.94. The van der Waals surface area contributed by atoms with Crippen molar-refractivity contribution >= 4 is 0 Å². The molecule has 0 aliphatic heterocycles. The molecule has 1 aromatic rings. The van der Waals surface area contributed by atoms with Crippen LogP contribution in [0.3, 0.4) is 0 Å². The Bertz CT molecular complexity index is 331. The zero-order chi connectivity index (χ0) is 12.1. The van der Waals surface area contributed by atoms with Crippen molar-refractivity contribution in [3.8, 4) is 5.75 Å². The van der Waals surface area contributed by atoms with E-state index in [9.17, 15) is 0 Å². The van der Waals surface area contributed by atoms with E-state index in [0.29, 0.717) is 12.1 Å². The van der Waals surface area contributed by atoms with Gasteiger partial charge in [-0.05, 0) is 51.8 Å². The molecule has 0 saturated heterocycles. The molecule has 3 nitrogen and oxygen atoms in total. The summed E-state index contributed by atoms with van der Waals surface area (Å²) in [6.07, 6.45) is 8.58. The average Bonchev–Trinajstić information content (AvgIpc) is 2.40. The van der Waals surface area contributed by atoms with Crippen LogP contribution >= 0.6 is 0 Å². The summed E-state index contributed by atoms with van der Waals surface area (Å²) in [5.74, 6) is 0.906. The maximum Gasteiger partial charge on any atom is 0.138 e. The quantitative estimate of drug-likeness (QED) is 0.869. The van der Waals surface area contributed by atoms with E-state index in [0.717, 1.165) is 11.4 Å². The number of rotatable bonds is 4. The van der Waals surface area contributed by atoms with Gasteiger partial charge in [0, 0.05) is 6.04 Å². The van der Waals surface area contributed by atoms with Crippen molar-refractivity contribution in [3.63, 3.8) is 0 Å². The van der Waals surface area contributed by atoms with Gasteiger partial charge in [0.25, 0.3) is 0 Å². The van der Waals surface area contributed by atoms with E-state index < -0.39 is 0 Å². The first-order valence-electron chi connectivity index (χ1n) is 6.59. The average molecular weight is 234 g/mol. The summed E-state index contributed by atoms with van der Waals surface area (Å²) in [6, 6.07) is 4.36. The Balaban J connectivity index is 1.93. The molecule has 94 valence electrons. The third-order valence-corrected chi connectivity index (χ3v) is 3.49. The molecule has 1 aliphatic rings. The van der Waals surface area contributed by atoms with Crippen molar-refractivity contribution in [3.05, 3.63) is 24.0 Å². The van der Waals surface area contributed by atoms with E-state index >= 15 is 0 Å². The maximum atomic E-state index is 5.94. The molecule has 0 bridgehead atoms. The Morgan fingerprint density at radius 2 is 2.06 bits per heavy atom. The Kier molecular flexibility index (Phi) is 4.37. The van der Waals surface area contributed by atoms with Gasteiger partial charge in [0.15, 0.2) is 0 Å². The molecule has 1 heterocycles. The molecule has 3 heteroatoms. The molecular weight excluding hydrogens is 212 g/mol. The minimum Gasteiger partial charge on any atom is -0.489 e. The van der Waals surface area contributed by atoms with Gasteiger partial charge in [-0.2, -0.15) is 0 Å². The van der Waals surface area contributed by atoms with Crippen molar-refractivity contribution < 1.29 is 4.74 Å². The first-order chi connectivity index (χ1) is 8.29. The van der Waals surface area contributed by atoms with Gasteiger partial charge in [0.1, 0.15) is 5.75 Å². The zero-order valence-electron chi connectivity index (χ0n) is 10.8. The second kappa shape index (κ2) is 6.01. The van der Waals surface area contributed by atoms with Crippen LogP contribution in [0.2, 0.25) is 0 Å². The summed E-state index contributed by atoms with van der Waals surface area (Å²) >= 11 is 0. The molecule has 1 unspecified atom stereocenters. The number of pyridine rings is 1. The van der Waals surface area contributed by atoms with E-state index in [1.165, 1.54) is 32.1 Å². The highest BCUT2D eigenvalue weighted by atomic mass is 16.5. The van der Waals surface area contributed by atoms with Gasteiger partial charge < -0.3 is 10.1 Å². The lowest BCUT2D eigenvalue weighted by Gasteiger charge is -2.23. The Labute approximate surface area is 104 Å². The molecule has 0 aromatic carbocycles. The predicted octanol–water partition coefficient (Wildman–Crippen LogP) is 3.07. The molecule has 1 N–H and O–H groups in total. The van der Waals surface area contributed by atoms with Crippen molar-refractivity contribution in [1.82, 2.24) is 10.3 Å². The van der Waals surface area contributed by atoms with E-state index in [4.69, 9.17) is 4.74 Å². The van der Waals surface area contributed by atoms with Crippen LogP contribution in [0.1, 0.15) is 50.8 Å². The molecule has 1 saturated carbocycles. The number of ether oxygens (including phenoxy) is 1. The fourth-order valence-electron chi connectivity index (χ4n) is 2.24.